The topological polar surface area (TPSA) is 40.9 Å². The van der Waals surface area contributed by atoms with Gasteiger partial charge >= 0.3 is 0 Å². The molecule has 1 aromatic rings. The zero-order valence-corrected chi connectivity index (χ0v) is 7.78. The zero-order valence-electron chi connectivity index (χ0n) is 6.96. The van der Waals surface area contributed by atoms with Gasteiger partial charge in [-0.1, -0.05) is 0 Å². The van der Waals surface area contributed by atoms with Gasteiger partial charge in [-0.3, -0.25) is 4.79 Å². The van der Waals surface area contributed by atoms with Crippen LogP contribution in [0.3, 0.4) is 0 Å². The van der Waals surface area contributed by atoms with Gasteiger partial charge in [-0.25, -0.2) is 8.78 Å². The number of ketones is 1. The van der Waals surface area contributed by atoms with E-state index in [0.717, 1.165) is 23.9 Å². The molecule has 0 aromatic heterocycles. The van der Waals surface area contributed by atoms with Crippen LogP contribution in [0.4, 0.5) is 8.78 Å². The summed E-state index contributed by atoms with van der Waals surface area (Å²) in [5, 5.41) is 9.91. The van der Waals surface area contributed by atoms with Gasteiger partial charge in [-0.2, -0.15) is 5.26 Å². The van der Waals surface area contributed by atoms with Gasteiger partial charge in [0.15, 0.2) is 17.4 Å². The molecular formula is C9H5F2NOS. The number of hydrogen-bond donors (Lipinski definition) is 0. The van der Waals surface area contributed by atoms with Crippen molar-refractivity contribution in [1.29, 1.82) is 5.26 Å². The minimum atomic E-state index is -1.06. The van der Waals surface area contributed by atoms with Crippen molar-refractivity contribution in [2.75, 3.05) is 5.75 Å². The fourth-order valence-corrected chi connectivity index (χ4v) is 1.21. The summed E-state index contributed by atoms with van der Waals surface area (Å²) in [4.78, 5) is 11.2. The van der Waals surface area contributed by atoms with Crippen molar-refractivity contribution in [3.8, 4) is 5.40 Å². The predicted octanol–water partition coefficient (Wildman–Crippen LogP) is 2.36. The molecule has 2 nitrogen and oxygen atoms in total. The molecule has 0 saturated carbocycles. The summed E-state index contributed by atoms with van der Waals surface area (Å²) in [6.07, 6.45) is 0. The van der Waals surface area contributed by atoms with E-state index in [0.29, 0.717) is 0 Å². The Bertz CT molecular complexity index is 400. The van der Waals surface area contributed by atoms with E-state index in [4.69, 9.17) is 5.26 Å². The minimum Gasteiger partial charge on any atom is -0.293 e. The van der Waals surface area contributed by atoms with Crippen molar-refractivity contribution in [2.24, 2.45) is 0 Å². The molecule has 0 atom stereocenters. The second-order valence-corrected chi connectivity index (χ2v) is 3.19. The first-order chi connectivity index (χ1) is 6.65. The first-order valence-corrected chi connectivity index (χ1v) is 4.63. The lowest BCUT2D eigenvalue weighted by Crippen LogP contribution is -2.02. The van der Waals surface area contributed by atoms with E-state index in [1.165, 1.54) is 6.07 Å². The maximum Gasteiger partial charge on any atom is 0.173 e. The average molecular weight is 213 g/mol. The lowest BCUT2D eigenvalue weighted by molar-refractivity contribution is 0.102. The molecule has 0 aliphatic carbocycles. The minimum absolute atomic E-state index is 0.0540. The largest absolute Gasteiger partial charge is 0.293 e. The second-order valence-electron chi connectivity index (χ2n) is 2.43. The van der Waals surface area contributed by atoms with Crippen LogP contribution in [-0.2, 0) is 0 Å². The Balaban J connectivity index is 2.82. The summed E-state index contributed by atoms with van der Waals surface area (Å²) in [5.41, 5.74) is 0.0756. The maximum absolute atomic E-state index is 12.7. The molecule has 0 radical (unpaired) electrons. The van der Waals surface area contributed by atoms with Crippen LogP contribution in [0.1, 0.15) is 10.4 Å². The quantitative estimate of drug-likeness (QED) is 0.571. The number of nitrogens with zero attached hydrogens (tertiary/aromatic N) is 1. The average Bonchev–Trinajstić information content (AvgIpc) is 2.18. The van der Waals surface area contributed by atoms with Crippen LogP contribution in [-0.4, -0.2) is 11.5 Å². The molecule has 0 aliphatic heterocycles. The van der Waals surface area contributed by atoms with E-state index in [2.05, 4.69) is 0 Å². The summed E-state index contributed by atoms with van der Waals surface area (Å²) in [7, 11) is 0. The molecular weight excluding hydrogens is 208 g/mol. The van der Waals surface area contributed by atoms with Crippen LogP contribution >= 0.6 is 11.8 Å². The highest BCUT2D eigenvalue weighted by Crippen LogP contribution is 2.11. The van der Waals surface area contributed by atoms with Crippen LogP contribution in [0.5, 0.6) is 0 Å². The molecule has 0 spiro atoms. The third kappa shape index (κ3) is 2.54. The molecule has 5 heteroatoms. The standard InChI is InChI=1S/C9H5F2NOS/c10-7-2-1-6(3-8(7)11)9(13)4-14-5-12/h1-3H,4H2. The number of nitriles is 1. The fourth-order valence-electron chi connectivity index (χ4n) is 0.851. The number of carbonyl (C=O) groups is 1. The molecule has 0 amide bonds. The Hall–Kier alpha value is -1.41. The Morgan fingerprint density at radius 2 is 2.14 bits per heavy atom. The fraction of sp³-hybridized carbons (Fsp3) is 0.111. The van der Waals surface area contributed by atoms with Crippen LogP contribution in [0, 0.1) is 22.3 Å². The number of thioether (sulfide) groups is 1. The van der Waals surface area contributed by atoms with E-state index in [1.807, 2.05) is 0 Å². The van der Waals surface area contributed by atoms with Gasteiger partial charge in [0.05, 0.1) is 5.75 Å². The molecule has 0 N–H and O–H groups in total. The van der Waals surface area contributed by atoms with Crippen molar-refractivity contribution in [1.82, 2.24) is 0 Å². The summed E-state index contributed by atoms with van der Waals surface area (Å²) >= 11 is 0.761. The maximum atomic E-state index is 12.7. The van der Waals surface area contributed by atoms with E-state index < -0.39 is 17.4 Å². The number of thiocyanates is 1. The molecule has 14 heavy (non-hydrogen) atoms. The van der Waals surface area contributed by atoms with Crippen molar-refractivity contribution in [3.63, 3.8) is 0 Å². The first-order valence-electron chi connectivity index (χ1n) is 3.64. The molecule has 1 aromatic carbocycles. The molecule has 0 bridgehead atoms. The molecule has 0 fully saturated rings. The highest BCUT2D eigenvalue weighted by atomic mass is 32.2. The number of hydrogen-bond acceptors (Lipinski definition) is 3. The van der Waals surface area contributed by atoms with Crippen molar-refractivity contribution in [3.05, 3.63) is 35.4 Å². The van der Waals surface area contributed by atoms with Gasteiger partial charge in [0.2, 0.25) is 0 Å². The van der Waals surface area contributed by atoms with Crippen LogP contribution < -0.4 is 0 Å². The molecule has 72 valence electrons. The number of carbonyl (C=O) groups excluding carboxylic acids is 1. The summed E-state index contributed by atoms with van der Waals surface area (Å²) < 4.78 is 25.1. The van der Waals surface area contributed by atoms with Gasteiger partial charge < -0.3 is 0 Å². The number of benzene rings is 1. The van der Waals surface area contributed by atoms with Gasteiger partial charge in [0.25, 0.3) is 0 Å². The predicted molar refractivity (Wildman–Crippen MR) is 48.8 cm³/mol. The highest BCUT2D eigenvalue weighted by molar-refractivity contribution is 8.04. The van der Waals surface area contributed by atoms with Crippen molar-refractivity contribution in [2.45, 2.75) is 0 Å². The summed E-state index contributed by atoms with van der Waals surface area (Å²) in [6, 6.07) is 2.91. The Kier molecular flexibility index (Phi) is 3.60. The summed E-state index contributed by atoms with van der Waals surface area (Å²) in [5.74, 6) is -2.50. The third-order valence-corrected chi connectivity index (χ3v) is 2.05. The lowest BCUT2D eigenvalue weighted by atomic mass is 10.1. The second kappa shape index (κ2) is 4.72. The Morgan fingerprint density at radius 1 is 1.43 bits per heavy atom. The zero-order chi connectivity index (χ0) is 10.6. The molecule has 0 saturated heterocycles. The molecule has 0 heterocycles. The van der Waals surface area contributed by atoms with Crippen molar-refractivity contribution >= 4 is 17.5 Å². The monoisotopic (exact) mass is 213 g/mol. The highest BCUT2D eigenvalue weighted by Gasteiger charge is 2.09. The molecule has 0 unspecified atom stereocenters. The van der Waals surface area contributed by atoms with Crippen LogP contribution in [0.25, 0.3) is 0 Å². The van der Waals surface area contributed by atoms with E-state index in [1.54, 1.807) is 5.40 Å². The van der Waals surface area contributed by atoms with E-state index in [-0.39, 0.29) is 11.3 Å². The number of halogens is 2. The Labute approximate surface area is 83.5 Å². The smallest absolute Gasteiger partial charge is 0.173 e. The van der Waals surface area contributed by atoms with Gasteiger partial charge in [-0.05, 0) is 30.0 Å². The first kappa shape index (κ1) is 10.7. The Morgan fingerprint density at radius 3 is 2.71 bits per heavy atom. The van der Waals surface area contributed by atoms with Gasteiger partial charge in [0.1, 0.15) is 5.40 Å². The number of rotatable bonds is 3. The van der Waals surface area contributed by atoms with Crippen LogP contribution in [0.2, 0.25) is 0 Å². The number of Topliss-reactive ketones (excluding diaryl/α,β-unsaturated/α-hetero) is 1. The van der Waals surface area contributed by atoms with Crippen LogP contribution in [0.15, 0.2) is 18.2 Å². The molecule has 0 aliphatic rings. The van der Waals surface area contributed by atoms with E-state index >= 15 is 0 Å². The SMILES string of the molecule is N#CSCC(=O)c1ccc(F)c(F)c1. The van der Waals surface area contributed by atoms with Gasteiger partial charge in [-0.15, -0.1) is 0 Å². The summed E-state index contributed by atoms with van der Waals surface area (Å²) in [6.45, 7) is 0. The third-order valence-electron chi connectivity index (χ3n) is 1.51. The normalized spacial score (nSPS) is 9.50. The lowest BCUT2D eigenvalue weighted by Gasteiger charge is -1.98. The van der Waals surface area contributed by atoms with E-state index in [9.17, 15) is 13.6 Å². The molecule has 1 rings (SSSR count). The van der Waals surface area contributed by atoms with Crippen molar-refractivity contribution < 1.29 is 13.6 Å². The van der Waals surface area contributed by atoms with Gasteiger partial charge in [0, 0.05) is 5.56 Å².